The number of nitrogens with zero attached hydrogens (tertiary/aromatic N) is 2. The fraction of sp³-hybridized carbons (Fsp3) is 0.667. The predicted octanol–water partition coefficient (Wildman–Crippen LogP) is 3.36. The van der Waals surface area contributed by atoms with Crippen molar-refractivity contribution >= 4 is 11.6 Å². The molecular weight excluding hydrogens is 280 g/mol. The van der Waals surface area contributed by atoms with Gasteiger partial charge >= 0.3 is 0 Å². The maximum absolute atomic E-state index is 6.72. The Balaban J connectivity index is 1.49. The molecule has 2 fully saturated rings. The van der Waals surface area contributed by atoms with E-state index in [0.717, 1.165) is 5.92 Å². The van der Waals surface area contributed by atoms with Crippen LogP contribution in [0.15, 0.2) is 30.3 Å². The van der Waals surface area contributed by atoms with E-state index in [1.807, 2.05) is 0 Å². The third kappa shape index (κ3) is 3.61. The van der Waals surface area contributed by atoms with E-state index >= 15 is 0 Å². The van der Waals surface area contributed by atoms with E-state index in [-0.39, 0.29) is 0 Å². The van der Waals surface area contributed by atoms with Crippen molar-refractivity contribution in [3.63, 3.8) is 0 Å². The third-order valence-electron chi connectivity index (χ3n) is 5.54. The van der Waals surface area contributed by atoms with Crippen LogP contribution in [0.1, 0.15) is 25.3 Å². The van der Waals surface area contributed by atoms with Crippen LogP contribution in [0.4, 0.5) is 0 Å². The summed E-state index contributed by atoms with van der Waals surface area (Å²) in [5, 5.41) is 0. The first-order valence-electron chi connectivity index (χ1n) is 8.44. The molecule has 1 aromatic rings. The largest absolute Gasteiger partial charge is 0.306 e. The minimum atomic E-state index is 0.352. The number of halogens is 1. The Morgan fingerprint density at radius 2 is 1.86 bits per heavy atom. The van der Waals surface area contributed by atoms with Gasteiger partial charge in [-0.3, -0.25) is 4.90 Å². The first-order chi connectivity index (χ1) is 10.2. The van der Waals surface area contributed by atoms with E-state index < -0.39 is 0 Å². The molecule has 0 radical (unpaired) electrons. The summed E-state index contributed by atoms with van der Waals surface area (Å²) in [6, 6.07) is 10.8. The van der Waals surface area contributed by atoms with Crippen molar-refractivity contribution in [3.05, 3.63) is 35.9 Å². The number of rotatable bonds is 3. The van der Waals surface area contributed by atoms with Gasteiger partial charge in [0.05, 0.1) is 19.6 Å². The highest BCUT2D eigenvalue weighted by Gasteiger charge is 2.42. The molecule has 2 unspecified atom stereocenters. The summed E-state index contributed by atoms with van der Waals surface area (Å²) in [6.45, 7) is 9.75. The molecule has 2 heterocycles. The van der Waals surface area contributed by atoms with Gasteiger partial charge in [0.15, 0.2) is 5.50 Å². The van der Waals surface area contributed by atoms with Crippen molar-refractivity contribution in [1.29, 1.82) is 0 Å². The van der Waals surface area contributed by atoms with Crippen LogP contribution >= 0.6 is 11.6 Å². The average molecular weight is 308 g/mol. The van der Waals surface area contributed by atoms with Crippen molar-refractivity contribution in [1.82, 2.24) is 4.90 Å². The van der Waals surface area contributed by atoms with E-state index in [0.29, 0.717) is 5.50 Å². The maximum Gasteiger partial charge on any atom is 0.165 e. The maximum atomic E-state index is 6.72. The van der Waals surface area contributed by atoms with Gasteiger partial charge in [-0.15, -0.1) is 0 Å². The molecule has 1 spiro atoms. The number of hydrogen-bond donors (Lipinski definition) is 0. The minimum absolute atomic E-state index is 0.352. The summed E-state index contributed by atoms with van der Waals surface area (Å²) < 4.78 is 1.17. The molecule has 116 valence electrons. The van der Waals surface area contributed by atoms with Crippen LogP contribution in [0.5, 0.6) is 0 Å². The quantitative estimate of drug-likeness (QED) is 0.470. The summed E-state index contributed by atoms with van der Waals surface area (Å²) in [5.41, 5.74) is 1.80. The predicted molar refractivity (Wildman–Crippen MR) is 89.5 cm³/mol. The van der Waals surface area contributed by atoms with Gasteiger partial charge in [0.1, 0.15) is 0 Å². The van der Waals surface area contributed by atoms with Crippen LogP contribution in [0.2, 0.25) is 0 Å². The molecule has 2 saturated heterocycles. The zero-order valence-corrected chi connectivity index (χ0v) is 13.9. The highest BCUT2D eigenvalue weighted by atomic mass is 35.5. The standard InChI is InChI=1S/C18H28ClN2/c1-16-8-12-21(18(19)15-16)13-10-20(11-14-21)9-7-17-5-3-2-4-6-17/h2-6,16,18H,7-15H2,1H3/q+1. The molecule has 0 aliphatic carbocycles. The summed E-state index contributed by atoms with van der Waals surface area (Å²) in [5.74, 6) is 0.812. The number of alkyl halides is 1. The lowest BCUT2D eigenvalue weighted by atomic mass is 9.95. The van der Waals surface area contributed by atoms with Crippen molar-refractivity contribution < 1.29 is 4.48 Å². The van der Waals surface area contributed by atoms with Crippen molar-refractivity contribution in [2.45, 2.75) is 31.7 Å². The first-order valence-corrected chi connectivity index (χ1v) is 8.88. The SMILES string of the molecule is CC1CC[N+]2(CCN(CCc3ccccc3)CC2)C(Cl)C1. The number of quaternary nitrogens is 1. The number of hydrogen-bond acceptors (Lipinski definition) is 1. The second kappa shape index (κ2) is 6.68. The Morgan fingerprint density at radius 3 is 2.52 bits per heavy atom. The van der Waals surface area contributed by atoms with Crippen molar-refractivity contribution in [3.8, 4) is 0 Å². The zero-order chi connectivity index (χ0) is 14.7. The van der Waals surface area contributed by atoms with Gasteiger partial charge in [-0.2, -0.15) is 0 Å². The van der Waals surface area contributed by atoms with Gasteiger partial charge < -0.3 is 4.48 Å². The molecule has 0 bridgehead atoms. The molecule has 2 aliphatic rings. The van der Waals surface area contributed by atoms with Gasteiger partial charge in [-0.1, -0.05) is 48.9 Å². The summed E-state index contributed by atoms with van der Waals surface area (Å²) >= 11 is 6.72. The highest BCUT2D eigenvalue weighted by Crippen LogP contribution is 2.33. The summed E-state index contributed by atoms with van der Waals surface area (Å²) in [6.07, 6.45) is 3.72. The Bertz CT molecular complexity index is 440. The molecular formula is C18H28ClN2+. The van der Waals surface area contributed by atoms with E-state index in [1.54, 1.807) is 0 Å². The molecule has 21 heavy (non-hydrogen) atoms. The molecule has 0 aromatic heterocycles. The normalized spacial score (nSPS) is 29.6. The van der Waals surface area contributed by atoms with Crippen LogP contribution < -0.4 is 0 Å². The van der Waals surface area contributed by atoms with Crippen LogP contribution in [0, 0.1) is 5.92 Å². The van der Waals surface area contributed by atoms with Gasteiger partial charge in [-0.25, -0.2) is 0 Å². The minimum Gasteiger partial charge on any atom is -0.306 e. The lowest BCUT2D eigenvalue weighted by Gasteiger charge is -2.50. The topological polar surface area (TPSA) is 3.24 Å². The summed E-state index contributed by atoms with van der Waals surface area (Å²) in [7, 11) is 0. The summed E-state index contributed by atoms with van der Waals surface area (Å²) in [4.78, 5) is 2.62. The number of benzene rings is 1. The average Bonchev–Trinajstić information content (AvgIpc) is 2.52. The van der Waals surface area contributed by atoms with E-state index in [9.17, 15) is 0 Å². The van der Waals surface area contributed by atoms with E-state index in [4.69, 9.17) is 11.6 Å². The van der Waals surface area contributed by atoms with Crippen LogP contribution in [0.3, 0.4) is 0 Å². The molecule has 2 nitrogen and oxygen atoms in total. The lowest BCUT2D eigenvalue weighted by molar-refractivity contribution is -0.948. The highest BCUT2D eigenvalue weighted by molar-refractivity contribution is 6.19. The first kappa shape index (κ1) is 15.3. The fourth-order valence-corrected chi connectivity index (χ4v) is 4.45. The number of piperazine rings is 1. The van der Waals surface area contributed by atoms with Gasteiger partial charge in [-0.05, 0) is 24.3 Å². The molecule has 3 heteroatoms. The van der Waals surface area contributed by atoms with Crippen LogP contribution in [-0.2, 0) is 6.42 Å². The van der Waals surface area contributed by atoms with E-state index in [1.165, 1.54) is 68.6 Å². The molecule has 0 amide bonds. The van der Waals surface area contributed by atoms with Crippen molar-refractivity contribution in [2.24, 2.45) is 5.92 Å². The lowest BCUT2D eigenvalue weighted by Crippen LogP contribution is -2.65. The van der Waals surface area contributed by atoms with Gasteiger partial charge in [0, 0.05) is 26.1 Å². The second-order valence-electron chi connectivity index (χ2n) is 7.03. The van der Waals surface area contributed by atoms with Crippen LogP contribution in [-0.4, -0.2) is 54.2 Å². The fourth-order valence-electron chi connectivity index (χ4n) is 3.86. The molecule has 1 aromatic carbocycles. The Morgan fingerprint density at radius 1 is 1.14 bits per heavy atom. The molecule has 2 aliphatic heterocycles. The monoisotopic (exact) mass is 307 g/mol. The Hall–Kier alpha value is -0.570. The zero-order valence-electron chi connectivity index (χ0n) is 13.2. The molecule has 3 rings (SSSR count). The smallest absolute Gasteiger partial charge is 0.165 e. The molecule has 0 saturated carbocycles. The van der Waals surface area contributed by atoms with E-state index in [2.05, 4.69) is 42.2 Å². The van der Waals surface area contributed by atoms with Crippen molar-refractivity contribution in [2.75, 3.05) is 39.3 Å². The van der Waals surface area contributed by atoms with Gasteiger partial charge in [0.25, 0.3) is 0 Å². The van der Waals surface area contributed by atoms with Crippen LogP contribution in [0.25, 0.3) is 0 Å². The Kier molecular flexibility index (Phi) is 4.88. The molecule has 0 N–H and O–H groups in total. The molecule has 2 atom stereocenters. The second-order valence-corrected chi connectivity index (χ2v) is 7.53. The van der Waals surface area contributed by atoms with Gasteiger partial charge in [0.2, 0.25) is 0 Å². The number of piperidine rings is 1. The third-order valence-corrected chi connectivity index (χ3v) is 6.13. The Labute approximate surface area is 134 Å².